The maximum absolute atomic E-state index is 6.94. The van der Waals surface area contributed by atoms with Gasteiger partial charge in [-0.1, -0.05) is 118 Å². The fourth-order valence-corrected chi connectivity index (χ4v) is 8.85. The molecule has 0 N–H and O–H groups in total. The topological polar surface area (TPSA) is 18.5 Å². The van der Waals surface area contributed by atoms with Crippen molar-refractivity contribution in [1.29, 1.82) is 0 Å². The highest BCUT2D eigenvalue weighted by Gasteiger charge is 2.49. The van der Waals surface area contributed by atoms with E-state index in [9.17, 15) is 0 Å². The maximum Gasteiger partial charge on any atom is 0.261 e. The van der Waals surface area contributed by atoms with Crippen LogP contribution in [-0.2, 0) is 15.8 Å². The van der Waals surface area contributed by atoms with Crippen molar-refractivity contribution in [2.45, 2.75) is 51.4 Å². The van der Waals surface area contributed by atoms with Crippen LogP contribution in [0.2, 0.25) is 5.04 Å². The summed E-state index contributed by atoms with van der Waals surface area (Å²) < 4.78 is 12.9. The molecular formula is C29H34O2Si. The zero-order valence-corrected chi connectivity index (χ0v) is 20.5. The number of hydrogen-bond donors (Lipinski definition) is 0. The minimum absolute atomic E-state index is 0.0228. The number of ether oxygens (including phenoxy) is 1. The molecule has 0 aromatic heterocycles. The van der Waals surface area contributed by atoms with Crippen LogP contribution in [0.1, 0.15) is 39.2 Å². The zero-order chi connectivity index (χ0) is 22.9. The SMILES string of the molecule is C#CC(CCCO[Si](c1ccccc1)(c1ccccc1)C(C)(C)C)OCc1ccccc1. The fraction of sp³-hybridized carbons (Fsp3) is 0.310. The molecule has 1 atom stereocenters. The maximum atomic E-state index is 6.94. The van der Waals surface area contributed by atoms with E-state index in [4.69, 9.17) is 15.6 Å². The molecule has 3 heteroatoms. The van der Waals surface area contributed by atoms with E-state index in [-0.39, 0.29) is 11.1 Å². The summed E-state index contributed by atoms with van der Waals surface area (Å²) in [6.45, 7) is 8.08. The van der Waals surface area contributed by atoms with Gasteiger partial charge in [0.15, 0.2) is 0 Å². The minimum Gasteiger partial charge on any atom is -0.407 e. The lowest BCUT2D eigenvalue weighted by atomic mass is 10.2. The summed E-state index contributed by atoms with van der Waals surface area (Å²) in [6.07, 6.45) is 7.17. The molecule has 0 radical (unpaired) electrons. The van der Waals surface area contributed by atoms with Crippen molar-refractivity contribution in [2.24, 2.45) is 0 Å². The average molecular weight is 443 g/mol. The molecule has 0 spiro atoms. The van der Waals surface area contributed by atoms with Gasteiger partial charge in [0.1, 0.15) is 6.10 Å². The van der Waals surface area contributed by atoms with E-state index in [1.165, 1.54) is 10.4 Å². The van der Waals surface area contributed by atoms with Gasteiger partial charge in [-0.25, -0.2) is 0 Å². The highest BCUT2D eigenvalue weighted by atomic mass is 28.4. The lowest BCUT2D eigenvalue weighted by Crippen LogP contribution is -2.66. The van der Waals surface area contributed by atoms with Crippen LogP contribution in [0.4, 0.5) is 0 Å². The fourth-order valence-electron chi connectivity index (χ4n) is 4.24. The van der Waals surface area contributed by atoms with Gasteiger partial charge in [0.2, 0.25) is 0 Å². The summed E-state index contributed by atoms with van der Waals surface area (Å²) in [7, 11) is -2.50. The van der Waals surface area contributed by atoms with E-state index >= 15 is 0 Å². The van der Waals surface area contributed by atoms with Gasteiger partial charge in [-0.2, -0.15) is 0 Å². The molecule has 0 aliphatic carbocycles. The summed E-state index contributed by atoms with van der Waals surface area (Å²) in [6, 6.07) is 31.6. The first kappa shape index (κ1) is 24.0. The number of rotatable bonds is 10. The van der Waals surface area contributed by atoms with Gasteiger partial charge >= 0.3 is 0 Å². The van der Waals surface area contributed by atoms with Gasteiger partial charge in [-0.3, -0.25) is 0 Å². The Balaban J connectivity index is 1.71. The molecule has 0 saturated heterocycles. The van der Waals surface area contributed by atoms with Gasteiger partial charge in [0.25, 0.3) is 8.32 Å². The Morgan fingerprint density at radius 3 is 1.78 bits per heavy atom. The first-order valence-corrected chi connectivity index (χ1v) is 13.2. The zero-order valence-electron chi connectivity index (χ0n) is 19.5. The van der Waals surface area contributed by atoms with Crippen LogP contribution in [0.15, 0.2) is 91.0 Å². The van der Waals surface area contributed by atoms with Crippen molar-refractivity contribution < 1.29 is 9.16 Å². The van der Waals surface area contributed by atoms with Crippen LogP contribution in [0.5, 0.6) is 0 Å². The van der Waals surface area contributed by atoms with Crippen LogP contribution in [0.25, 0.3) is 0 Å². The van der Waals surface area contributed by atoms with Crippen LogP contribution >= 0.6 is 0 Å². The lowest BCUT2D eigenvalue weighted by Gasteiger charge is -2.43. The van der Waals surface area contributed by atoms with Gasteiger partial charge in [0, 0.05) is 6.61 Å². The molecule has 0 amide bonds. The van der Waals surface area contributed by atoms with E-state index in [0.29, 0.717) is 13.2 Å². The van der Waals surface area contributed by atoms with Crippen LogP contribution in [0.3, 0.4) is 0 Å². The Kier molecular flexibility index (Phi) is 8.47. The molecule has 0 aliphatic rings. The van der Waals surface area contributed by atoms with Gasteiger partial charge in [-0.05, 0) is 33.8 Å². The number of hydrogen-bond acceptors (Lipinski definition) is 2. The quantitative estimate of drug-likeness (QED) is 0.232. The van der Waals surface area contributed by atoms with E-state index in [2.05, 4.69) is 99.5 Å². The molecule has 0 heterocycles. The van der Waals surface area contributed by atoms with Gasteiger partial charge in [-0.15, -0.1) is 6.42 Å². The van der Waals surface area contributed by atoms with Crippen LogP contribution < -0.4 is 10.4 Å². The van der Waals surface area contributed by atoms with E-state index < -0.39 is 8.32 Å². The second-order valence-corrected chi connectivity index (χ2v) is 13.4. The Morgan fingerprint density at radius 2 is 1.31 bits per heavy atom. The van der Waals surface area contributed by atoms with Gasteiger partial charge in [0.05, 0.1) is 6.61 Å². The standard InChI is InChI=1S/C29H34O2Si/c1-5-26(30-24-25-16-9-6-10-17-25)18-15-23-31-32(29(2,3)4,27-19-11-7-12-20-27)28-21-13-8-14-22-28/h1,6-14,16-17,19-22,26H,15,18,23-24H2,2-4H3. The van der Waals surface area contributed by atoms with Crippen molar-refractivity contribution in [3.8, 4) is 12.3 Å². The Hall–Kier alpha value is -2.64. The molecule has 166 valence electrons. The summed E-state index contributed by atoms with van der Waals surface area (Å²) in [5, 5.41) is 2.57. The van der Waals surface area contributed by atoms with Crippen LogP contribution in [-0.4, -0.2) is 21.0 Å². The lowest BCUT2D eigenvalue weighted by molar-refractivity contribution is 0.0683. The second-order valence-electron chi connectivity index (χ2n) is 9.11. The molecule has 0 fully saturated rings. The molecule has 3 aromatic carbocycles. The summed E-state index contributed by atoms with van der Waals surface area (Å²) >= 11 is 0. The highest BCUT2D eigenvalue weighted by molar-refractivity contribution is 6.99. The normalized spacial score (nSPS) is 12.8. The molecule has 1 unspecified atom stereocenters. The molecule has 0 saturated carbocycles. The number of benzene rings is 3. The minimum atomic E-state index is -2.50. The predicted molar refractivity (Wildman–Crippen MR) is 137 cm³/mol. The summed E-state index contributed by atoms with van der Waals surface area (Å²) in [5.41, 5.74) is 1.14. The van der Waals surface area contributed by atoms with E-state index in [0.717, 1.165) is 18.4 Å². The van der Waals surface area contributed by atoms with Crippen molar-refractivity contribution in [3.05, 3.63) is 96.6 Å². The van der Waals surface area contributed by atoms with E-state index in [1.807, 2.05) is 18.2 Å². The van der Waals surface area contributed by atoms with Crippen molar-refractivity contribution in [3.63, 3.8) is 0 Å². The highest BCUT2D eigenvalue weighted by Crippen LogP contribution is 2.36. The first-order valence-electron chi connectivity index (χ1n) is 11.3. The second kappa shape index (κ2) is 11.3. The molecule has 32 heavy (non-hydrogen) atoms. The van der Waals surface area contributed by atoms with Crippen molar-refractivity contribution >= 4 is 18.7 Å². The molecule has 3 aromatic rings. The first-order chi connectivity index (χ1) is 15.5. The van der Waals surface area contributed by atoms with Crippen molar-refractivity contribution in [2.75, 3.05) is 6.61 Å². The summed E-state index contributed by atoms with van der Waals surface area (Å²) in [4.78, 5) is 0. The third kappa shape index (κ3) is 5.78. The Labute approximate surface area is 194 Å². The average Bonchev–Trinajstić information content (AvgIpc) is 2.82. The largest absolute Gasteiger partial charge is 0.407 e. The molecule has 2 nitrogen and oxygen atoms in total. The van der Waals surface area contributed by atoms with E-state index in [1.54, 1.807) is 0 Å². The Morgan fingerprint density at radius 1 is 0.812 bits per heavy atom. The van der Waals surface area contributed by atoms with Crippen molar-refractivity contribution in [1.82, 2.24) is 0 Å². The Bertz CT molecular complexity index is 933. The third-order valence-corrected chi connectivity index (χ3v) is 10.9. The van der Waals surface area contributed by atoms with Gasteiger partial charge < -0.3 is 9.16 Å². The monoisotopic (exact) mass is 442 g/mol. The predicted octanol–water partition coefficient (Wildman–Crippen LogP) is 5.56. The third-order valence-electron chi connectivity index (χ3n) is 5.83. The summed E-state index contributed by atoms with van der Waals surface area (Å²) in [5.74, 6) is 2.80. The van der Waals surface area contributed by atoms with Crippen LogP contribution in [0, 0.1) is 12.3 Å². The molecule has 0 bridgehead atoms. The molecule has 3 rings (SSSR count). The molecule has 0 aliphatic heterocycles. The number of terminal acetylenes is 1. The molecular weight excluding hydrogens is 408 g/mol. The smallest absolute Gasteiger partial charge is 0.261 e.